The lowest BCUT2D eigenvalue weighted by atomic mass is 9.89. The van der Waals surface area contributed by atoms with Crippen LogP contribution in [0.15, 0.2) is 60.7 Å². The topological polar surface area (TPSA) is 46.2 Å². The fraction of sp³-hybridized carbons (Fsp3) is 0. The molecule has 1 aliphatic rings. The zero-order chi connectivity index (χ0) is 15.6. The van der Waals surface area contributed by atoms with Crippen molar-refractivity contribution in [1.29, 1.82) is 0 Å². The average Bonchev–Trinajstić information content (AvgIpc) is 2.90. The van der Waals surface area contributed by atoms with Crippen molar-refractivity contribution < 1.29 is 9.59 Å². The van der Waals surface area contributed by atoms with Crippen LogP contribution in [-0.2, 0) is 9.59 Å². The Morgan fingerprint density at radius 1 is 0.739 bits per heavy atom. The standard InChI is InChI=1S/C20H11NO2/c22-17-10-16(20(23)21-17)15-9-13-5-1-3-11-7-8-12-4-2-6-14(15)19(12)18(11)13/h1-10H,(H,21,22,23). The predicted octanol–water partition coefficient (Wildman–Crippen LogP) is 3.62. The van der Waals surface area contributed by atoms with Gasteiger partial charge in [0.15, 0.2) is 0 Å². The molecule has 1 N–H and O–H groups in total. The summed E-state index contributed by atoms with van der Waals surface area (Å²) in [5.74, 6) is -0.681. The van der Waals surface area contributed by atoms with Crippen LogP contribution < -0.4 is 5.32 Å². The molecular weight excluding hydrogens is 286 g/mol. The largest absolute Gasteiger partial charge is 0.289 e. The molecule has 0 saturated heterocycles. The Kier molecular flexibility index (Phi) is 2.24. The second kappa shape index (κ2) is 4.17. The van der Waals surface area contributed by atoms with Gasteiger partial charge in [0.1, 0.15) is 0 Å². The zero-order valence-electron chi connectivity index (χ0n) is 12.1. The highest BCUT2D eigenvalue weighted by Crippen LogP contribution is 2.38. The molecule has 1 heterocycles. The Morgan fingerprint density at radius 2 is 1.43 bits per heavy atom. The Morgan fingerprint density at radius 3 is 2.17 bits per heavy atom. The van der Waals surface area contributed by atoms with Gasteiger partial charge in [0.2, 0.25) is 0 Å². The summed E-state index contributed by atoms with van der Waals surface area (Å²) in [6.07, 6.45) is 1.39. The van der Waals surface area contributed by atoms with Gasteiger partial charge in [-0.3, -0.25) is 14.9 Å². The number of amides is 2. The zero-order valence-corrected chi connectivity index (χ0v) is 12.1. The summed E-state index contributed by atoms with van der Waals surface area (Å²) in [7, 11) is 0. The first kappa shape index (κ1) is 12.4. The highest BCUT2D eigenvalue weighted by molar-refractivity contribution is 6.37. The van der Waals surface area contributed by atoms with Gasteiger partial charge in [-0.2, -0.15) is 0 Å². The molecule has 1 aliphatic heterocycles. The SMILES string of the molecule is O=C1C=C(c2cc3cccc4ccc5cccc2c5c43)C(=O)N1. The van der Waals surface area contributed by atoms with E-state index in [1.54, 1.807) is 0 Å². The van der Waals surface area contributed by atoms with Crippen LogP contribution >= 0.6 is 0 Å². The van der Waals surface area contributed by atoms with Crippen molar-refractivity contribution in [2.75, 3.05) is 0 Å². The number of rotatable bonds is 1. The lowest BCUT2D eigenvalue weighted by molar-refractivity contribution is -0.123. The molecule has 0 bridgehead atoms. The number of hydrogen-bond donors (Lipinski definition) is 1. The predicted molar refractivity (Wildman–Crippen MR) is 91.3 cm³/mol. The maximum Gasteiger partial charge on any atom is 0.258 e. The normalized spacial score (nSPS) is 14.9. The number of benzene rings is 4. The Labute approximate surface area is 131 Å². The van der Waals surface area contributed by atoms with E-state index in [1.807, 2.05) is 30.3 Å². The van der Waals surface area contributed by atoms with E-state index in [0.717, 1.165) is 27.1 Å². The van der Waals surface area contributed by atoms with Crippen molar-refractivity contribution in [1.82, 2.24) is 5.32 Å². The molecule has 4 aromatic rings. The van der Waals surface area contributed by atoms with Gasteiger partial charge in [0, 0.05) is 6.08 Å². The highest BCUT2D eigenvalue weighted by Gasteiger charge is 2.24. The molecule has 3 heteroatoms. The summed E-state index contributed by atoms with van der Waals surface area (Å²) in [4.78, 5) is 23.7. The third-order valence-corrected chi connectivity index (χ3v) is 4.56. The van der Waals surface area contributed by atoms with Crippen molar-refractivity contribution in [3.63, 3.8) is 0 Å². The summed E-state index contributed by atoms with van der Waals surface area (Å²) < 4.78 is 0. The first-order valence-corrected chi connectivity index (χ1v) is 7.46. The van der Waals surface area contributed by atoms with E-state index in [0.29, 0.717) is 5.57 Å². The molecule has 108 valence electrons. The van der Waals surface area contributed by atoms with E-state index >= 15 is 0 Å². The molecule has 0 atom stereocenters. The van der Waals surface area contributed by atoms with E-state index in [-0.39, 0.29) is 11.8 Å². The third-order valence-electron chi connectivity index (χ3n) is 4.56. The molecule has 5 rings (SSSR count). The van der Waals surface area contributed by atoms with Gasteiger partial charge in [0.05, 0.1) is 5.57 Å². The van der Waals surface area contributed by atoms with Gasteiger partial charge in [-0.15, -0.1) is 0 Å². The Balaban J connectivity index is 2.03. The summed E-state index contributed by atoms with van der Waals surface area (Å²) >= 11 is 0. The van der Waals surface area contributed by atoms with Gasteiger partial charge >= 0.3 is 0 Å². The molecule has 0 aliphatic carbocycles. The van der Waals surface area contributed by atoms with Crippen molar-refractivity contribution >= 4 is 49.7 Å². The van der Waals surface area contributed by atoms with Crippen LogP contribution in [-0.4, -0.2) is 11.8 Å². The van der Waals surface area contributed by atoms with E-state index in [1.165, 1.54) is 16.8 Å². The van der Waals surface area contributed by atoms with Crippen molar-refractivity contribution in [3.8, 4) is 0 Å². The molecule has 23 heavy (non-hydrogen) atoms. The second-order valence-electron chi connectivity index (χ2n) is 5.85. The lowest BCUT2D eigenvalue weighted by Gasteiger charge is -2.14. The minimum absolute atomic E-state index is 0.329. The van der Waals surface area contributed by atoms with E-state index in [4.69, 9.17) is 0 Å². The third kappa shape index (κ3) is 1.59. The summed E-state index contributed by atoms with van der Waals surface area (Å²) in [5.41, 5.74) is 1.25. The minimum Gasteiger partial charge on any atom is -0.289 e. The van der Waals surface area contributed by atoms with Crippen LogP contribution in [0, 0.1) is 0 Å². The first-order valence-electron chi connectivity index (χ1n) is 7.46. The summed E-state index contributed by atoms with van der Waals surface area (Å²) in [6, 6.07) is 18.5. The molecule has 0 saturated carbocycles. The molecule has 0 fully saturated rings. The molecular formula is C20H11NO2. The Hall–Kier alpha value is -3.20. The quantitative estimate of drug-likeness (QED) is 0.431. The first-order chi connectivity index (χ1) is 11.2. The monoisotopic (exact) mass is 297 g/mol. The van der Waals surface area contributed by atoms with Crippen LogP contribution in [0.5, 0.6) is 0 Å². The van der Waals surface area contributed by atoms with E-state index in [2.05, 4.69) is 29.6 Å². The van der Waals surface area contributed by atoms with Crippen molar-refractivity contribution in [2.24, 2.45) is 0 Å². The smallest absolute Gasteiger partial charge is 0.258 e. The molecule has 3 nitrogen and oxygen atoms in total. The molecule has 4 aromatic carbocycles. The molecule has 2 amide bonds. The fourth-order valence-electron chi connectivity index (χ4n) is 3.60. The summed E-state index contributed by atoms with van der Waals surface area (Å²) in [5, 5.41) is 9.08. The van der Waals surface area contributed by atoms with Crippen LogP contribution in [0.4, 0.5) is 0 Å². The summed E-state index contributed by atoms with van der Waals surface area (Å²) in [6.45, 7) is 0. The number of carbonyl (C=O) groups is 2. The van der Waals surface area contributed by atoms with Gasteiger partial charge in [-0.05, 0) is 43.9 Å². The number of hydrogen-bond acceptors (Lipinski definition) is 2. The van der Waals surface area contributed by atoms with Gasteiger partial charge < -0.3 is 0 Å². The van der Waals surface area contributed by atoms with Crippen LogP contribution in [0.3, 0.4) is 0 Å². The number of carbonyl (C=O) groups excluding carboxylic acids is 2. The van der Waals surface area contributed by atoms with Crippen molar-refractivity contribution in [3.05, 3.63) is 66.2 Å². The maximum absolute atomic E-state index is 12.1. The van der Waals surface area contributed by atoms with Gasteiger partial charge in [-0.25, -0.2) is 0 Å². The maximum atomic E-state index is 12.1. The molecule has 0 radical (unpaired) electrons. The number of nitrogens with one attached hydrogen (secondary N) is 1. The molecule has 0 spiro atoms. The minimum atomic E-state index is -0.352. The van der Waals surface area contributed by atoms with Crippen molar-refractivity contribution in [2.45, 2.75) is 0 Å². The molecule has 0 aromatic heterocycles. The van der Waals surface area contributed by atoms with Crippen LogP contribution in [0.1, 0.15) is 5.56 Å². The van der Waals surface area contributed by atoms with Crippen LogP contribution in [0.2, 0.25) is 0 Å². The Bertz CT molecular complexity index is 1170. The average molecular weight is 297 g/mol. The van der Waals surface area contributed by atoms with Gasteiger partial charge in [-0.1, -0.05) is 48.5 Å². The van der Waals surface area contributed by atoms with Crippen LogP contribution in [0.25, 0.3) is 37.9 Å². The lowest BCUT2D eigenvalue weighted by Crippen LogP contribution is -2.21. The van der Waals surface area contributed by atoms with E-state index < -0.39 is 0 Å². The second-order valence-corrected chi connectivity index (χ2v) is 5.85. The number of imide groups is 1. The fourth-order valence-corrected chi connectivity index (χ4v) is 3.60. The van der Waals surface area contributed by atoms with E-state index in [9.17, 15) is 9.59 Å². The van der Waals surface area contributed by atoms with Gasteiger partial charge in [0.25, 0.3) is 11.8 Å². The molecule has 0 unspecified atom stereocenters. The highest BCUT2D eigenvalue weighted by atomic mass is 16.2.